The van der Waals surface area contributed by atoms with Crippen molar-refractivity contribution in [1.29, 1.82) is 0 Å². The number of hydrogen-bond acceptors (Lipinski definition) is 3. The molecule has 4 heteroatoms. The van der Waals surface area contributed by atoms with Gasteiger partial charge in [-0.15, -0.1) is 0 Å². The summed E-state index contributed by atoms with van der Waals surface area (Å²) in [6, 6.07) is 19.6. The third kappa shape index (κ3) is 3.73. The van der Waals surface area contributed by atoms with Crippen molar-refractivity contribution in [3.63, 3.8) is 0 Å². The van der Waals surface area contributed by atoms with E-state index in [1.165, 1.54) is 4.90 Å². The Morgan fingerprint density at radius 1 is 1.04 bits per heavy atom. The first-order valence-corrected chi connectivity index (χ1v) is 8.66. The molecule has 0 aliphatic carbocycles. The lowest BCUT2D eigenvalue weighted by Gasteiger charge is -2.29. The highest BCUT2D eigenvalue weighted by Crippen LogP contribution is 2.34. The maximum atomic E-state index is 12.7. The van der Waals surface area contributed by atoms with Crippen LogP contribution in [-0.2, 0) is 9.53 Å². The van der Waals surface area contributed by atoms with Gasteiger partial charge in [0, 0.05) is 12.3 Å². The Hall–Kier alpha value is -2.62. The van der Waals surface area contributed by atoms with Gasteiger partial charge in [0.05, 0.1) is 6.04 Å². The molecule has 1 aliphatic heterocycles. The molecule has 25 heavy (non-hydrogen) atoms. The molecule has 1 aliphatic rings. The quantitative estimate of drug-likeness (QED) is 0.821. The van der Waals surface area contributed by atoms with E-state index in [9.17, 15) is 9.59 Å². The lowest BCUT2D eigenvalue weighted by Crippen LogP contribution is -2.43. The first-order valence-electron chi connectivity index (χ1n) is 8.66. The second-order valence-corrected chi connectivity index (χ2v) is 6.81. The molecule has 0 spiro atoms. The summed E-state index contributed by atoms with van der Waals surface area (Å²) >= 11 is 0. The number of imide groups is 1. The third-order valence-electron chi connectivity index (χ3n) is 4.46. The monoisotopic (exact) mass is 337 g/mol. The molecule has 0 aromatic heterocycles. The molecule has 0 radical (unpaired) electrons. The Labute approximate surface area is 148 Å². The molecule has 0 N–H and O–H groups in total. The minimum Gasteiger partial charge on any atom is -0.447 e. The molecule has 1 atom stereocenters. The molecular formula is C21H23NO3. The van der Waals surface area contributed by atoms with E-state index in [0.29, 0.717) is 6.42 Å². The molecule has 130 valence electrons. The zero-order valence-electron chi connectivity index (χ0n) is 14.6. The van der Waals surface area contributed by atoms with Crippen LogP contribution >= 0.6 is 0 Å². The van der Waals surface area contributed by atoms with Crippen molar-refractivity contribution < 1.29 is 14.3 Å². The summed E-state index contributed by atoms with van der Waals surface area (Å²) in [4.78, 5) is 26.3. The summed E-state index contributed by atoms with van der Waals surface area (Å²) in [7, 11) is 0. The van der Waals surface area contributed by atoms with Gasteiger partial charge in [0.25, 0.3) is 0 Å². The van der Waals surface area contributed by atoms with E-state index in [-0.39, 0.29) is 30.4 Å². The van der Waals surface area contributed by atoms with E-state index >= 15 is 0 Å². The van der Waals surface area contributed by atoms with Crippen molar-refractivity contribution in [3.05, 3.63) is 71.8 Å². The number of amides is 2. The number of rotatable bonds is 5. The average molecular weight is 337 g/mol. The molecule has 2 amide bonds. The van der Waals surface area contributed by atoms with E-state index in [1.807, 2.05) is 74.5 Å². The van der Waals surface area contributed by atoms with Gasteiger partial charge in [-0.05, 0) is 17.0 Å². The molecule has 2 aromatic rings. The zero-order chi connectivity index (χ0) is 17.8. The first kappa shape index (κ1) is 17.2. The van der Waals surface area contributed by atoms with Crippen LogP contribution in [0.2, 0.25) is 0 Å². The van der Waals surface area contributed by atoms with Gasteiger partial charge in [-0.1, -0.05) is 74.5 Å². The highest BCUT2D eigenvalue weighted by atomic mass is 16.6. The topological polar surface area (TPSA) is 46.6 Å². The van der Waals surface area contributed by atoms with Gasteiger partial charge < -0.3 is 4.74 Å². The minimum atomic E-state index is -0.535. The Bertz CT molecular complexity index is 688. The zero-order valence-corrected chi connectivity index (χ0v) is 14.6. The Balaban J connectivity index is 2.00. The van der Waals surface area contributed by atoms with Gasteiger partial charge in [-0.3, -0.25) is 4.79 Å². The molecule has 0 bridgehead atoms. The van der Waals surface area contributed by atoms with Crippen LogP contribution in [0.3, 0.4) is 0 Å². The van der Waals surface area contributed by atoms with Gasteiger partial charge in [-0.25, -0.2) is 9.69 Å². The summed E-state index contributed by atoms with van der Waals surface area (Å²) in [5, 5.41) is 0. The molecule has 0 unspecified atom stereocenters. The van der Waals surface area contributed by atoms with Crippen molar-refractivity contribution in [1.82, 2.24) is 4.90 Å². The highest BCUT2D eigenvalue weighted by molar-refractivity contribution is 5.93. The van der Waals surface area contributed by atoms with Crippen LogP contribution in [0.4, 0.5) is 4.79 Å². The lowest BCUT2D eigenvalue weighted by molar-refractivity contribution is -0.130. The molecule has 1 saturated heterocycles. The van der Waals surface area contributed by atoms with Gasteiger partial charge >= 0.3 is 6.09 Å². The van der Waals surface area contributed by atoms with E-state index in [2.05, 4.69) is 0 Å². The predicted molar refractivity (Wildman–Crippen MR) is 96.2 cm³/mol. The van der Waals surface area contributed by atoms with Crippen molar-refractivity contribution in [2.45, 2.75) is 32.2 Å². The second kappa shape index (κ2) is 7.51. The maximum Gasteiger partial charge on any atom is 0.417 e. The molecular weight excluding hydrogens is 314 g/mol. The van der Waals surface area contributed by atoms with Gasteiger partial charge in [0.2, 0.25) is 5.91 Å². The lowest BCUT2D eigenvalue weighted by atomic mass is 9.84. The van der Waals surface area contributed by atoms with Crippen molar-refractivity contribution >= 4 is 12.0 Å². The van der Waals surface area contributed by atoms with Crippen LogP contribution in [0.25, 0.3) is 0 Å². The average Bonchev–Trinajstić information content (AvgIpc) is 2.98. The highest BCUT2D eigenvalue weighted by Gasteiger charge is 2.43. The largest absolute Gasteiger partial charge is 0.447 e. The summed E-state index contributed by atoms with van der Waals surface area (Å²) < 4.78 is 5.27. The number of cyclic esters (lactones) is 1. The number of benzene rings is 2. The molecule has 1 fully saturated rings. The third-order valence-corrected chi connectivity index (χ3v) is 4.46. The normalized spacial score (nSPS) is 17.2. The van der Waals surface area contributed by atoms with E-state index in [0.717, 1.165) is 11.1 Å². The van der Waals surface area contributed by atoms with E-state index in [1.54, 1.807) is 0 Å². The molecule has 4 nitrogen and oxygen atoms in total. The van der Waals surface area contributed by atoms with E-state index < -0.39 is 6.09 Å². The SMILES string of the molecule is CC(C)CC(=O)N1C(=O)OC[C@H]1C(c1ccccc1)c1ccccc1. The number of hydrogen-bond donors (Lipinski definition) is 0. The fourth-order valence-corrected chi connectivity index (χ4v) is 3.37. The molecule has 3 rings (SSSR count). The van der Waals surface area contributed by atoms with Crippen LogP contribution in [0.1, 0.15) is 37.3 Å². The van der Waals surface area contributed by atoms with Gasteiger partial charge in [-0.2, -0.15) is 0 Å². The molecule has 2 aromatic carbocycles. The smallest absolute Gasteiger partial charge is 0.417 e. The summed E-state index contributed by atoms with van der Waals surface area (Å²) in [5.74, 6) is -0.0854. The summed E-state index contributed by atoms with van der Waals surface area (Å²) in [6.07, 6.45) is -0.199. The minimum absolute atomic E-state index is 0.107. The fraction of sp³-hybridized carbons (Fsp3) is 0.333. The first-order chi connectivity index (χ1) is 12.1. The van der Waals surface area contributed by atoms with E-state index in [4.69, 9.17) is 4.74 Å². The Morgan fingerprint density at radius 3 is 2.04 bits per heavy atom. The molecule has 1 heterocycles. The maximum absolute atomic E-state index is 12.7. The molecule has 0 saturated carbocycles. The van der Waals surface area contributed by atoms with Crippen molar-refractivity contribution in [2.24, 2.45) is 5.92 Å². The number of nitrogens with zero attached hydrogens (tertiary/aromatic N) is 1. The number of ether oxygens (including phenoxy) is 1. The summed E-state index contributed by atoms with van der Waals surface area (Å²) in [5.41, 5.74) is 2.14. The van der Waals surface area contributed by atoms with Crippen LogP contribution in [-0.4, -0.2) is 29.5 Å². The Kier molecular flexibility index (Phi) is 5.17. The van der Waals surface area contributed by atoms with Gasteiger partial charge in [0.1, 0.15) is 6.61 Å². The van der Waals surface area contributed by atoms with Crippen molar-refractivity contribution in [2.75, 3.05) is 6.61 Å². The number of carbonyl (C=O) groups is 2. The predicted octanol–water partition coefficient (Wildman–Crippen LogP) is 4.21. The van der Waals surface area contributed by atoms with Crippen LogP contribution in [0.5, 0.6) is 0 Å². The second-order valence-electron chi connectivity index (χ2n) is 6.81. The van der Waals surface area contributed by atoms with Crippen LogP contribution in [0, 0.1) is 5.92 Å². The number of carbonyl (C=O) groups excluding carboxylic acids is 2. The van der Waals surface area contributed by atoms with Crippen molar-refractivity contribution in [3.8, 4) is 0 Å². The summed E-state index contributed by atoms with van der Waals surface area (Å²) in [6.45, 7) is 4.16. The van der Waals surface area contributed by atoms with Gasteiger partial charge in [0.15, 0.2) is 0 Å². The standard InChI is InChI=1S/C21H23NO3/c1-15(2)13-19(23)22-18(14-25-21(22)24)20(16-9-5-3-6-10-16)17-11-7-4-8-12-17/h3-12,15,18,20H,13-14H2,1-2H3/t18-/m0/s1. The Morgan fingerprint density at radius 2 is 1.56 bits per heavy atom. The fourth-order valence-electron chi connectivity index (χ4n) is 3.37. The van der Waals surface area contributed by atoms with Crippen LogP contribution in [0.15, 0.2) is 60.7 Å². The van der Waals surface area contributed by atoms with Crippen LogP contribution < -0.4 is 0 Å².